The summed E-state index contributed by atoms with van der Waals surface area (Å²) >= 11 is 1.47. The first-order chi connectivity index (χ1) is 9.67. The second-order valence-electron chi connectivity index (χ2n) is 3.96. The number of pyridine rings is 1. The van der Waals surface area contributed by atoms with Gasteiger partial charge in [0.1, 0.15) is 5.01 Å². The van der Waals surface area contributed by atoms with E-state index in [2.05, 4.69) is 9.97 Å². The van der Waals surface area contributed by atoms with Gasteiger partial charge in [-0.1, -0.05) is 6.07 Å². The van der Waals surface area contributed by atoms with Gasteiger partial charge in [0.25, 0.3) is 0 Å². The van der Waals surface area contributed by atoms with Crippen LogP contribution in [0.1, 0.15) is 19.5 Å². The van der Waals surface area contributed by atoms with Gasteiger partial charge in [-0.15, -0.1) is 11.3 Å². The maximum absolute atomic E-state index is 12.4. The maximum atomic E-state index is 12.4. The van der Waals surface area contributed by atoms with Crippen LogP contribution in [0.3, 0.4) is 0 Å². The Kier molecular flexibility index (Phi) is 5.43. The molecule has 0 spiro atoms. The van der Waals surface area contributed by atoms with Gasteiger partial charge in [0.2, 0.25) is 0 Å². The zero-order valence-electron chi connectivity index (χ0n) is 11.5. The number of rotatable bonds is 7. The minimum absolute atomic E-state index is 0.192. The van der Waals surface area contributed by atoms with E-state index in [9.17, 15) is 4.57 Å². The van der Waals surface area contributed by atoms with E-state index >= 15 is 0 Å². The maximum Gasteiger partial charge on any atom is 0.336 e. The zero-order valence-corrected chi connectivity index (χ0v) is 13.2. The van der Waals surface area contributed by atoms with Crippen molar-refractivity contribution in [3.8, 4) is 10.7 Å². The number of hydrogen-bond donors (Lipinski definition) is 0. The SMILES string of the molecule is CCOP(=O)(Cc1csc(-c2ccccn2)n1)OCC. The minimum atomic E-state index is -3.10. The van der Waals surface area contributed by atoms with Crippen LogP contribution >= 0.6 is 18.9 Å². The van der Waals surface area contributed by atoms with Crippen molar-refractivity contribution in [2.75, 3.05) is 13.2 Å². The second kappa shape index (κ2) is 7.09. The van der Waals surface area contributed by atoms with Crippen LogP contribution in [0.2, 0.25) is 0 Å². The van der Waals surface area contributed by atoms with E-state index in [0.29, 0.717) is 18.9 Å². The molecule has 0 bridgehead atoms. The Labute approximate surface area is 122 Å². The smallest absolute Gasteiger partial charge is 0.309 e. The summed E-state index contributed by atoms with van der Waals surface area (Å²) < 4.78 is 23.0. The van der Waals surface area contributed by atoms with Crippen molar-refractivity contribution in [2.45, 2.75) is 20.0 Å². The highest BCUT2D eigenvalue weighted by Gasteiger charge is 2.25. The fraction of sp³-hybridized carbons (Fsp3) is 0.385. The second-order valence-corrected chi connectivity index (χ2v) is 6.88. The Bertz CT molecular complexity index is 578. The molecule has 0 aromatic carbocycles. The van der Waals surface area contributed by atoms with Gasteiger partial charge in [-0.25, -0.2) is 4.98 Å². The summed E-state index contributed by atoms with van der Waals surface area (Å²) in [6, 6.07) is 5.67. The lowest BCUT2D eigenvalue weighted by Gasteiger charge is -2.15. The molecule has 20 heavy (non-hydrogen) atoms. The average molecular weight is 312 g/mol. The molecule has 0 unspecified atom stereocenters. The predicted molar refractivity (Wildman–Crippen MR) is 79.9 cm³/mol. The number of nitrogens with zero attached hydrogens (tertiary/aromatic N) is 2. The van der Waals surface area contributed by atoms with Gasteiger partial charge < -0.3 is 9.05 Å². The van der Waals surface area contributed by atoms with Gasteiger partial charge in [0.15, 0.2) is 0 Å². The molecule has 0 amide bonds. The van der Waals surface area contributed by atoms with Crippen molar-refractivity contribution in [2.24, 2.45) is 0 Å². The molecule has 0 aliphatic carbocycles. The van der Waals surface area contributed by atoms with E-state index in [4.69, 9.17) is 9.05 Å². The lowest BCUT2D eigenvalue weighted by Crippen LogP contribution is -1.99. The molecule has 2 rings (SSSR count). The molecule has 7 heteroatoms. The van der Waals surface area contributed by atoms with Gasteiger partial charge >= 0.3 is 7.60 Å². The fourth-order valence-corrected chi connectivity index (χ4v) is 4.23. The Morgan fingerprint density at radius 2 is 2.00 bits per heavy atom. The highest BCUT2D eigenvalue weighted by Crippen LogP contribution is 2.51. The van der Waals surface area contributed by atoms with Crippen LogP contribution in [-0.2, 0) is 19.8 Å². The first-order valence-corrected chi connectivity index (χ1v) is 9.01. The number of thiazole rings is 1. The standard InChI is InChI=1S/C13H17N2O3PS/c1-3-17-19(16,18-4-2)9-11-10-20-13(15-11)12-7-5-6-8-14-12/h5-8,10H,3-4,9H2,1-2H3. The van der Waals surface area contributed by atoms with E-state index in [0.717, 1.165) is 10.7 Å². The third-order valence-electron chi connectivity index (χ3n) is 2.44. The average Bonchev–Trinajstić information content (AvgIpc) is 2.88. The lowest BCUT2D eigenvalue weighted by atomic mass is 10.4. The molecule has 0 saturated carbocycles. The largest absolute Gasteiger partial charge is 0.336 e. The third kappa shape index (κ3) is 3.96. The first kappa shape index (κ1) is 15.3. The molecular formula is C13H17N2O3PS. The van der Waals surface area contributed by atoms with Gasteiger partial charge in [-0.3, -0.25) is 9.55 Å². The van der Waals surface area contributed by atoms with Crippen LogP contribution in [0.5, 0.6) is 0 Å². The quantitative estimate of drug-likeness (QED) is 0.724. The molecule has 0 aliphatic heterocycles. The lowest BCUT2D eigenvalue weighted by molar-refractivity contribution is 0.219. The van der Waals surface area contributed by atoms with Gasteiger partial charge in [0, 0.05) is 11.6 Å². The van der Waals surface area contributed by atoms with E-state index in [1.807, 2.05) is 23.6 Å². The van der Waals surface area contributed by atoms with Crippen molar-refractivity contribution in [1.29, 1.82) is 0 Å². The molecule has 0 aliphatic rings. The van der Waals surface area contributed by atoms with Gasteiger partial charge in [-0.05, 0) is 26.0 Å². The van der Waals surface area contributed by atoms with Crippen LogP contribution in [0, 0.1) is 0 Å². The Morgan fingerprint density at radius 1 is 1.25 bits per heavy atom. The first-order valence-electron chi connectivity index (χ1n) is 6.41. The Morgan fingerprint density at radius 3 is 2.60 bits per heavy atom. The molecule has 0 atom stereocenters. The van der Waals surface area contributed by atoms with Gasteiger partial charge in [-0.2, -0.15) is 0 Å². The van der Waals surface area contributed by atoms with E-state index in [-0.39, 0.29) is 6.16 Å². The molecule has 5 nitrogen and oxygen atoms in total. The number of hydrogen-bond acceptors (Lipinski definition) is 6. The summed E-state index contributed by atoms with van der Waals surface area (Å²) in [7, 11) is -3.10. The van der Waals surface area contributed by atoms with Crippen molar-refractivity contribution in [1.82, 2.24) is 9.97 Å². The van der Waals surface area contributed by atoms with Crippen molar-refractivity contribution in [3.63, 3.8) is 0 Å². The summed E-state index contributed by atoms with van der Waals surface area (Å²) in [4.78, 5) is 8.70. The van der Waals surface area contributed by atoms with Crippen LogP contribution in [-0.4, -0.2) is 23.2 Å². The molecule has 2 aromatic rings. The zero-order chi connectivity index (χ0) is 14.4. The van der Waals surface area contributed by atoms with Crippen LogP contribution < -0.4 is 0 Å². The summed E-state index contributed by atoms with van der Waals surface area (Å²) in [5, 5.41) is 2.68. The summed E-state index contributed by atoms with van der Waals surface area (Å²) in [5.41, 5.74) is 1.52. The Hall–Kier alpha value is -1.07. The predicted octanol–water partition coefficient (Wildman–Crippen LogP) is 3.97. The van der Waals surface area contributed by atoms with Crippen molar-refractivity contribution >= 4 is 18.9 Å². The summed E-state index contributed by atoms with van der Waals surface area (Å²) in [6.45, 7) is 4.31. The molecular weight excluding hydrogens is 295 g/mol. The monoisotopic (exact) mass is 312 g/mol. The molecule has 2 heterocycles. The third-order valence-corrected chi connectivity index (χ3v) is 5.37. The normalized spacial score (nSPS) is 11.7. The summed E-state index contributed by atoms with van der Waals surface area (Å²) in [5.74, 6) is 0. The van der Waals surface area contributed by atoms with Crippen LogP contribution in [0.15, 0.2) is 29.8 Å². The van der Waals surface area contributed by atoms with Gasteiger partial charge in [0.05, 0.1) is 30.8 Å². The Balaban J connectivity index is 2.15. The minimum Gasteiger partial charge on any atom is -0.309 e. The number of aromatic nitrogens is 2. The van der Waals surface area contributed by atoms with Crippen molar-refractivity contribution in [3.05, 3.63) is 35.5 Å². The molecule has 0 N–H and O–H groups in total. The van der Waals surface area contributed by atoms with Crippen molar-refractivity contribution < 1.29 is 13.6 Å². The molecule has 0 radical (unpaired) electrons. The molecule has 2 aromatic heterocycles. The fourth-order valence-electron chi connectivity index (χ4n) is 1.71. The molecule has 0 saturated heterocycles. The molecule has 108 valence electrons. The highest BCUT2D eigenvalue weighted by molar-refractivity contribution is 7.53. The summed E-state index contributed by atoms with van der Waals surface area (Å²) in [6.07, 6.45) is 1.92. The van der Waals surface area contributed by atoms with E-state index in [1.165, 1.54) is 11.3 Å². The molecule has 0 fully saturated rings. The topological polar surface area (TPSA) is 61.3 Å². The van der Waals surface area contributed by atoms with E-state index in [1.54, 1.807) is 20.0 Å². The van der Waals surface area contributed by atoms with E-state index < -0.39 is 7.60 Å². The van der Waals surface area contributed by atoms with Crippen LogP contribution in [0.25, 0.3) is 10.7 Å². The van der Waals surface area contributed by atoms with Crippen LogP contribution in [0.4, 0.5) is 0 Å². The highest BCUT2D eigenvalue weighted by atomic mass is 32.1.